The van der Waals surface area contributed by atoms with E-state index in [0.717, 1.165) is 29.4 Å². The minimum absolute atomic E-state index is 0.218. The summed E-state index contributed by atoms with van der Waals surface area (Å²) in [5.41, 5.74) is 3.06. The average Bonchev–Trinajstić information content (AvgIpc) is 2.49. The molecule has 1 aliphatic rings. The fourth-order valence-electron chi connectivity index (χ4n) is 3.17. The number of nitrogens with zero attached hydrogens (tertiary/aromatic N) is 1. The van der Waals surface area contributed by atoms with Gasteiger partial charge in [-0.2, -0.15) is 0 Å². The number of allylic oxidation sites excluding steroid dienone is 1. The Hall–Kier alpha value is -1.42. The van der Waals surface area contributed by atoms with Gasteiger partial charge >= 0.3 is 0 Å². The SMILES string of the molecule is C=C(CC(C)(C)C)NC(C)(C)C(=C)NCc1ncccc1SCC1CCC1. The molecule has 0 amide bonds. The summed E-state index contributed by atoms with van der Waals surface area (Å²) in [6, 6.07) is 4.22. The van der Waals surface area contributed by atoms with Crippen LogP contribution in [0.5, 0.6) is 0 Å². The highest BCUT2D eigenvalue weighted by molar-refractivity contribution is 7.99. The van der Waals surface area contributed by atoms with Crippen LogP contribution in [0.15, 0.2) is 47.8 Å². The van der Waals surface area contributed by atoms with Crippen molar-refractivity contribution in [2.24, 2.45) is 11.3 Å². The lowest BCUT2D eigenvalue weighted by atomic mass is 9.87. The number of aromatic nitrogens is 1. The summed E-state index contributed by atoms with van der Waals surface area (Å²) in [5.74, 6) is 2.10. The average molecular weight is 388 g/mol. The van der Waals surface area contributed by atoms with Crippen LogP contribution in [0.25, 0.3) is 0 Å². The van der Waals surface area contributed by atoms with E-state index < -0.39 is 0 Å². The first-order valence-corrected chi connectivity index (χ1v) is 11.0. The van der Waals surface area contributed by atoms with E-state index in [9.17, 15) is 0 Å². The first-order chi connectivity index (χ1) is 12.6. The van der Waals surface area contributed by atoms with Crippen molar-refractivity contribution in [3.63, 3.8) is 0 Å². The van der Waals surface area contributed by atoms with Gasteiger partial charge in [0.2, 0.25) is 0 Å². The molecule has 2 N–H and O–H groups in total. The molecule has 2 rings (SSSR count). The third-order valence-corrected chi connectivity index (χ3v) is 6.33. The minimum atomic E-state index is -0.268. The second-order valence-corrected chi connectivity index (χ2v) is 10.5. The van der Waals surface area contributed by atoms with Crippen LogP contribution in [-0.2, 0) is 6.54 Å². The highest BCUT2D eigenvalue weighted by Gasteiger charge is 2.24. The molecule has 1 aromatic heterocycles. The van der Waals surface area contributed by atoms with Crippen molar-refractivity contribution >= 4 is 11.8 Å². The Bertz CT molecular complexity index is 654. The van der Waals surface area contributed by atoms with Gasteiger partial charge in [-0.15, -0.1) is 11.8 Å². The number of hydrogen-bond acceptors (Lipinski definition) is 4. The minimum Gasteiger partial charge on any atom is -0.381 e. The molecule has 1 aliphatic carbocycles. The van der Waals surface area contributed by atoms with E-state index in [2.05, 4.69) is 69.5 Å². The maximum Gasteiger partial charge on any atom is 0.0730 e. The van der Waals surface area contributed by atoms with Gasteiger partial charge in [-0.1, -0.05) is 40.3 Å². The number of thioether (sulfide) groups is 1. The van der Waals surface area contributed by atoms with E-state index in [1.165, 1.54) is 29.9 Å². The second kappa shape index (κ2) is 9.18. The molecule has 1 saturated carbocycles. The maximum atomic E-state index is 4.60. The number of pyridine rings is 1. The van der Waals surface area contributed by atoms with Crippen LogP contribution in [0.3, 0.4) is 0 Å². The summed E-state index contributed by atoms with van der Waals surface area (Å²) in [5, 5.41) is 7.03. The predicted octanol–water partition coefficient (Wildman–Crippen LogP) is 5.90. The molecule has 0 unspecified atom stereocenters. The van der Waals surface area contributed by atoms with Crippen LogP contribution in [0.4, 0.5) is 0 Å². The van der Waals surface area contributed by atoms with E-state index in [4.69, 9.17) is 0 Å². The third-order valence-electron chi connectivity index (χ3n) is 5.00. The molecule has 0 bridgehead atoms. The molecule has 0 saturated heterocycles. The lowest BCUT2D eigenvalue weighted by Crippen LogP contribution is -2.44. The van der Waals surface area contributed by atoms with Gasteiger partial charge in [0.25, 0.3) is 0 Å². The van der Waals surface area contributed by atoms with Crippen molar-refractivity contribution in [2.75, 3.05) is 5.75 Å². The van der Waals surface area contributed by atoms with Gasteiger partial charge in [0.05, 0.1) is 17.8 Å². The zero-order valence-corrected chi connectivity index (χ0v) is 18.6. The number of nitrogens with one attached hydrogen (secondary N) is 2. The van der Waals surface area contributed by atoms with Crippen LogP contribution >= 0.6 is 11.8 Å². The number of hydrogen-bond donors (Lipinski definition) is 2. The predicted molar refractivity (Wildman–Crippen MR) is 119 cm³/mol. The largest absolute Gasteiger partial charge is 0.381 e. The fourth-order valence-corrected chi connectivity index (χ4v) is 4.38. The van der Waals surface area contributed by atoms with Gasteiger partial charge in [-0.25, -0.2) is 0 Å². The lowest BCUT2D eigenvalue weighted by Gasteiger charge is -2.33. The summed E-state index contributed by atoms with van der Waals surface area (Å²) < 4.78 is 0. The Morgan fingerprint density at radius 1 is 1.22 bits per heavy atom. The summed E-state index contributed by atoms with van der Waals surface area (Å²) >= 11 is 1.95. The van der Waals surface area contributed by atoms with Crippen molar-refractivity contribution in [1.29, 1.82) is 0 Å². The van der Waals surface area contributed by atoms with Crippen molar-refractivity contribution in [1.82, 2.24) is 15.6 Å². The van der Waals surface area contributed by atoms with Gasteiger partial charge in [0.15, 0.2) is 0 Å². The molecule has 1 aromatic rings. The Morgan fingerprint density at radius 2 is 1.93 bits per heavy atom. The van der Waals surface area contributed by atoms with E-state index >= 15 is 0 Å². The lowest BCUT2D eigenvalue weighted by molar-refractivity contribution is 0.353. The molecule has 4 heteroatoms. The zero-order chi connectivity index (χ0) is 20.1. The van der Waals surface area contributed by atoms with E-state index in [1.807, 2.05) is 24.0 Å². The van der Waals surface area contributed by atoms with E-state index in [0.29, 0.717) is 6.54 Å². The maximum absolute atomic E-state index is 4.60. The van der Waals surface area contributed by atoms with Crippen molar-refractivity contribution in [2.45, 2.75) is 77.3 Å². The van der Waals surface area contributed by atoms with Crippen molar-refractivity contribution in [3.05, 3.63) is 48.6 Å². The van der Waals surface area contributed by atoms with Gasteiger partial charge in [-0.3, -0.25) is 4.98 Å². The first kappa shape index (κ1) is 21.9. The molecule has 0 radical (unpaired) electrons. The van der Waals surface area contributed by atoms with Crippen LogP contribution in [0.1, 0.15) is 66.0 Å². The van der Waals surface area contributed by atoms with Crippen LogP contribution in [-0.4, -0.2) is 16.3 Å². The standard InChI is InChI=1S/C23H37N3S/c1-17(14-22(3,4)5)26-23(6,7)18(2)25-15-20-21(12-9-13-24-20)27-16-19-10-8-11-19/h9,12-13,19,25-26H,1-2,8,10-11,14-16H2,3-7H3. The summed E-state index contributed by atoms with van der Waals surface area (Å²) in [6.07, 6.45) is 6.98. The third kappa shape index (κ3) is 7.25. The molecular weight excluding hydrogens is 350 g/mol. The van der Waals surface area contributed by atoms with Gasteiger partial charge in [-0.05, 0) is 56.6 Å². The monoisotopic (exact) mass is 387 g/mol. The Kier molecular flexibility index (Phi) is 7.44. The topological polar surface area (TPSA) is 37.0 Å². The fraction of sp³-hybridized carbons (Fsp3) is 0.609. The zero-order valence-electron chi connectivity index (χ0n) is 17.8. The molecule has 1 heterocycles. The van der Waals surface area contributed by atoms with Gasteiger partial charge in [0, 0.05) is 28.2 Å². The summed E-state index contributed by atoms with van der Waals surface area (Å²) in [6.45, 7) is 20.1. The summed E-state index contributed by atoms with van der Waals surface area (Å²) in [4.78, 5) is 5.89. The molecule has 3 nitrogen and oxygen atoms in total. The van der Waals surface area contributed by atoms with E-state index in [-0.39, 0.29) is 11.0 Å². The Balaban J connectivity index is 1.89. The molecule has 150 valence electrons. The highest BCUT2D eigenvalue weighted by atomic mass is 32.2. The first-order valence-electron chi connectivity index (χ1n) is 10.0. The normalized spacial score (nSPS) is 15.1. The van der Waals surface area contributed by atoms with Crippen LogP contribution < -0.4 is 10.6 Å². The van der Waals surface area contributed by atoms with Crippen molar-refractivity contribution in [3.8, 4) is 0 Å². The second-order valence-electron chi connectivity index (χ2n) is 9.48. The van der Waals surface area contributed by atoms with Crippen molar-refractivity contribution < 1.29 is 0 Å². The molecule has 0 spiro atoms. The van der Waals surface area contributed by atoms with E-state index in [1.54, 1.807) is 0 Å². The molecule has 1 fully saturated rings. The molecule has 0 atom stereocenters. The van der Waals surface area contributed by atoms with Crippen LogP contribution in [0, 0.1) is 11.3 Å². The quantitative estimate of drug-likeness (QED) is 0.490. The molecule has 27 heavy (non-hydrogen) atoms. The molecule has 0 aromatic carbocycles. The Morgan fingerprint density at radius 3 is 2.52 bits per heavy atom. The summed E-state index contributed by atoms with van der Waals surface area (Å²) in [7, 11) is 0. The molecular formula is C23H37N3S. The Labute approximate surface area is 170 Å². The highest BCUT2D eigenvalue weighted by Crippen LogP contribution is 2.33. The molecule has 0 aliphatic heterocycles. The smallest absolute Gasteiger partial charge is 0.0730 e. The van der Waals surface area contributed by atoms with Gasteiger partial charge in [0.1, 0.15) is 0 Å². The van der Waals surface area contributed by atoms with Crippen LogP contribution in [0.2, 0.25) is 0 Å². The number of rotatable bonds is 10. The van der Waals surface area contributed by atoms with Gasteiger partial charge < -0.3 is 10.6 Å².